The summed E-state index contributed by atoms with van der Waals surface area (Å²) < 4.78 is 21.1. The molecule has 72 valence electrons. The zero-order valence-corrected chi connectivity index (χ0v) is 10.1. The molecule has 0 spiro atoms. The molecule has 0 aliphatic rings. The summed E-state index contributed by atoms with van der Waals surface area (Å²) in [5, 5.41) is 0. The van der Waals surface area contributed by atoms with Gasteiger partial charge in [-0.2, -0.15) is 0 Å². The zero-order chi connectivity index (χ0) is 9.83. The fourth-order valence-corrected chi connectivity index (χ4v) is 2.89. The average Bonchev–Trinajstić information content (AvgIpc) is 2.02. The van der Waals surface area contributed by atoms with Crippen molar-refractivity contribution in [2.24, 2.45) is 0 Å². The van der Waals surface area contributed by atoms with Gasteiger partial charge in [-0.3, -0.25) is 4.57 Å². The lowest BCUT2D eigenvalue weighted by Gasteiger charge is -2.19. The minimum atomic E-state index is -2.80. The molecule has 0 heterocycles. The van der Waals surface area contributed by atoms with Crippen LogP contribution < -0.4 is 0 Å². The SMILES string of the molecule is C=C[Si](C)(C)COP(C)(=O)OC. The monoisotopic (exact) mass is 208 g/mol. The maximum absolute atomic E-state index is 11.3. The molecule has 0 N–H and O–H groups in total. The van der Waals surface area contributed by atoms with E-state index in [1.165, 1.54) is 13.8 Å². The fraction of sp³-hybridized carbons (Fsp3) is 0.714. The second-order valence-electron chi connectivity index (χ2n) is 3.42. The van der Waals surface area contributed by atoms with Crippen molar-refractivity contribution in [3.8, 4) is 0 Å². The Hall–Kier alpha value is 0.107. The Bertz CT molecular complexity index is 203. The first-order valence-electron chi connectivity index (χ1n) is 3.74. The highest BCUT2D eigenvalue weighted by molar-refractivity contribution is 7.53. The second-order valence-corrected chi connectivity index (χ2v) is 10.3. The Morgan fingerprint density at radius 1 is 1.58 bits per heavy atom. The molecule has 0 rings (SSSR count). The van der Waals surface area contributed by atoms with Crippen LogP contribution in [0.15, 0.2) is 12.3 Å². The molecule has 1 atom stereocenters. The van der Waals surface area contributed by atoms with Crippen LogP contribution in [0.4, 0.5) is 0 Å². The van der Waals surface area contributed by atoms with Gasteiger partial charge in [0, 0.05) is 13.8 Å². The smallest absolute Gasteiger partial charge is 0.312 e. The van der Waals surface area contributed by atoms with E-state index < -0.39 is 15.7 Å². The van der Waals surface area contributed by atoms with Gasteiger partial charge in [0.1, 0.15) is 8.07 Å². The highest BCUT2D eigenvalue weighted by atomic mass is 31.2. The third-order valence-electron chi connectivity index (χ3n) is 1.56. The number of rotatable bonds is 5. The van der Waals surface area contributed by atoms with Crippen LogP contribution in [0.25, 0.3) is 0 Å². The first-order chi connectivity index (χ1) is 5.33. The largest absolute Gasteiger partial charge is 0.327 e. The number of hydrogen-bond acceptors (Lipinski definition) is 3. The first-order valence-corrected chi connectivity index (χ1v) is 9.02. The summed E-state index contributed by atoms with van der Waals surface area (Å²) in [5.74, 6) is 0. The standard InChI is InChI=1S/C7H17O3PSi/c1-6-12(4,5)7-10-11(3,8)9-2/h6H,1,7H2,2-5H3. The van der Waals surface area contributed by atoms with Crippen LogP contribution in [-0.4, -0.2) is 28.1 Å². The van der Waals surface area contributed by atoms with Crippen molar-refractivity contribution in [3.63, 3.8) is 0 Å². The molecule has 1 unspecified atom stereocenters. The van der Waals surface area contributed by atoms with Gasteiger partial charge in [0.25, 0.3) is 0 Å². The third kappa shape index (κ3) is 4.88. The molecule has 0 radical (unpaired) electrons. The molecule has 0 aliphatic heterocycles. The quantitative estimate of drug-likeness (QED) is 0.514. The molecule has 0 bridgehead atoms. The summed E-state index contributed by atoms with van der Waals surface area (Å²) in [6, 6.07) is 0. The minimum absolute atomic E-state index is 0.498. The Morgan fingerprint density at radius 2 is 2.08 bits per heavy atom. The van der Waals surface area contributed by atoms with Crippen molar-refractivity contribution in [2.45, 2.75) is 13.1 Å². The maximum atomic E-state index is 11.3. The van der Waals surface area contributed by atoms with Crippen molar-refractivity contribution in [1.29, 1.82) is 0 Å². The molecule has 0 aromatic carbocycles. The molecule has 0 fully saturated rings. The van der Waals surface area contributed by atoms with Crippen molar-refractivity contribution in [2.75, 3.05) is 20.0 Å². The van der Waals surface area contributed by atoms with E-state index in [9.17, 15) is 4.57 Å². The van der Waals surface area contributed by atoms with Crippen LogP contribution in [0.3, 0.4) is 0 Å². The van der Waals surface area contributed by atoms with Gasteiger partial charge in [-0.1, -0.05) is 18.8 Å². The molecule has 0 aromatic rings. The molecule has 0 saturated carbocycles. The van der Waals surface area contributed by atoms with E-state index in [-0.39, 0.29) is 0 Å². The van der Waals surface area contributed by atoms with Crippen LogP contribution in [0.2, 0.25) is 13.1 Å². The summed E-state index contributed by atoms with van der Waals surface area (Å²) in [6.45, 7) is 9.37. The third-order valence-corrected chi connectivity index (χ3v) is 5.05. The van der Waals surface area contributed by atoms with Gasteiger partial charge in [0.15, 0.2) is 0 Å². The fourth-order valence-electron chi connectivity index (χ4n) is 0.395. The average molecular weight is 208 g/mol. The summed E-state index contributed by atoms with van der Waals surface area (Å²) in [6.07, 6.45) is 0.498. The molecule has 3 nitrogen and oxygen atoms in total. The Morgan fingerprint density at radius 3 is 2.42 bits per heavy atom. The first kappa shape index (κ1) is 12.1. The van der Waals surface area contributed by atoms with Crippen molar-refractivity contribution in [3.05, 3.63) is 12.3 Å². The summed E-state index contributed by atoms with van der Waals surface area (Å²) >= 11 is 0. The van der Waals surface area contributed by atoms with E-state index in [2.05, 4.69) is 19.7 Å². The van der Waals surface area contributed by atoms with Crippen LogP contribution in [0, 0.1) is 0 Å². The van der Waals surface area contributed by atoms with Crippen LogP contribution in [-0.2, 0) is 13.6 Å². The second kappa shape index (κ2) is 4.37. The van der Waals surface area contributed by atoms with E-state index in [4.69, 9.17) is 9.05 Å². The van der Waals surface area contributed by atoms with Crippen LogP contribution in [0.5, 0.6) is 0 Å². The molecule has 0 aliphatic carbocycles. The van der Waals surface area contributed by atoms with Gasteiger partial charge < -0.3 is 9.05 Å². The van der Waals surface area contributed by atoms with Gasteiger partial charge >= 0.3 is 7.60 Å². The van der Waals surface area contributed by atoms with E-state index in [0.29, 0.717) is 6.23 Å². The maximum Gasteiger partial charge on any atom is 0.327 e. The lowest BCUT2D eigenvalue weighted by molar-refractivity contribution is 0.267. The van der Waals surface area contributed by atoms with Gasteiger partial charge in [-0.05, 0) is 0 Å². The Kier molecular flexibility index (Phi) is 4.41. The summed E-state index contributed by atoms with van der Waals surface area (Å²) in [7, 11) is -2.92. The lowest BCUT2D eigenvalue weighted by Crippen LogP contribution is -2.29. The topological polar surface area (TPSA) is 35.5 Å². The van der Waals surface area contributed by atoms with Gasteiger partial charge in [0.05, 0.1) is 6.23 Å². The zero-order valence-electron chi connectivity index (χ0n) is 8.16. The normalized spacial score (nSPS) is 17.0. The number of hydrogen-bond donors (Lipinski definition) is 0. The predicted octanol–water partition coefficient (Wildman–Crippen LogP) is 2.45. The lowest BCUT2D eigenvalue weighted by atomic mass is 11.3. The minimum Gasteiger partial charge on any atom is -0.312 e. The van der Waals surface area contributed by atoms with Gasteiger partial charge in [-0.25, -0.2) is 0 Å². The molecule has 0 saturated heterocycles. The molecule has 5 heteroatoms. The van der Waals surface area contributed by atoms with Crippen molar-refractivity contribution >= 4 is 15.7 Å². The highest BCUT2D eigenvalue weighted by Gasteiger charge is 2.22. The summed E-state index contributed by atoms with van der Waals surface area (Å²) in [4.78, 5) is 0. The Balaban J connectivity index is 3.99. The summed E-state index contributed by atoms with van der Waals surface area (Å²) in [5.41, 5.74) is 1.91. The van der Waals surface area contributed by atoms with E-state index in [1.807, 2.05) is 5.70 Å². The predicted molar refractivity (Wildman–Crippen MR) is 54.2 cm³/mol. The highest BCUT2D eigenvalue weighted by Crippen LogP contribution is 2.43. The van der Waals surface area contributed by atoms with Gasteiger partial charge in [0.2, 0.25) is 0 Å². The van der Waals surface area contributed by atoms with Gasteiger partial charge in [-0.15, -0.1) is 6.58 Å². The van der Waals surface area contributed by atoms with E-state index in [1.54, 1.807) is 0 Å². The van der Waals surface area contributed by atoms with Crippen LogP contribution in [0.1, 0.15) is 0 Å². The molecule has 0 amide bonds. The Labute approximate surface area is 75.3 Å². The van der Waals surface area contributed by atoms with Crippen LogP contribution >= 0.6 is 7.60 Å². The van der Waals surface area contributed by atoms with Crippen molar-refractivity contribution in [1.82, 2.24) is 0 Å². The molecule has 12 heavy (non-hydrogen) atoms. The molecular weight excluding hydrogens is 191 g/mol. The van der Waals surface area contributed by atoms with E-state index in [0.717, 1.165) is 0 Å². The molecular formula is C7H17O3PSi. The van der Waals surface area contributed by atoms with Crippen molar-refractivity contribution < 1.29 is 13.6 Å². The van der Waals surface area contributed by atoms with E-state index >= 15 is 0 Å². The molecule has 0 aromatic heterocycles.